The minimum atomic E-state index is 0. The number of hydrogen-bond acceptors (Lipinski definition) is 0. The molecular formula is C6H7I2Rh. The Balaban J connectivity index is 0. The fourth-order valence-electron chi connectivity index (χ4n) is 0.582. The van der Waals surface area contributed by atoms with Crippen LogP contribution in [0.1, 0.15) is 13.3 Å². The predicted molar refractivity (Wildman–Crippen MR) is 26.5 cm³/mol. The first-order valence-electron chi connectivity index (χ1n) is 2.30. The van der Waals surface area contributed by atoms with Crippen molar-refractivity contribution in [3.63, 3.8) is 0 Å². The van der Waals surface area contributed by atoms with Gasteiger partial charge in [-0.15, -0.1) is 0 Å². The van der Waals surface area contributed by atoms with Crippen LogP contribution >= 0.6 is 0 Å². The average Bonchev–Trinajstić information content (AvgIpc) is 1.91. The molecule has 0 unspecified atom stereocenters. The standard InChI is InChI=1S/C6H7.2HI.Rh/c1-6-4-2-3-5-6;;;/h2,4H,3H2,1H3;2*1H;/q;;;+2/p-2. The third-order valence-electron chi connectivity index (χ3n) is 1.07. The molecule has 0 spiro atoms. The van der Waals surface area contributed by atoms with Crippen LogP contribution in [0, 0.1) is 0 Å². The summed E-state index contributed by atoms with van der Waals surface area (Å²) in [4.78, 5) is 0. The van der Waals surface area contributed by atoms with Crippen LogP contribution in [0.5, 0.6) is 0 Å². The Morgan fingerprint density at radius 3 is 2.11 bits per heavy atom. The molecule has 9 heavy (non-hydrogen) atoms. The Bertz CT molecular complexity index is 138. The second-order valence-electron chi connectivity index (χ2n) is 1.67. The molecule has 0 saturated heterocycles. The molecule has 0 radical (unpaired) electrons. The van der Waals surface area contributed by atoms with E-state index in [0.717, 1.165) is 6.42 Å². The van der Waals surface area contributed by atoms with Crippen LogP contribution < -0.4 is 48.0 Å². The van der Waals surface area contributed by atoms with E-state index in [4.69, 9.17) is 0 Å². The summed E-state index contributed by atoms with van der Waals surface area (Å²) in [6.07, 6.45) is 5.44. The molecule has 0 aromatic rings. The monoisotopic (exact) mass is 436 g/mol. The van der Waals surface area contributed by atoms with Gasteiger partial charge in [-0.1, -0.05) is 0 Å². The van der Waals surface area contributed by atoms with Crippen LogP contribution in [0.4, 0.5) is 0 Å². The van der Waals surface area contributed by atoms with Crippen molar-refractivity contribution < 1.29 is 66.3 Å². The number of rotatable bonds is 0. The van der Waals surface area contributed by atoms with E-state index in [0.29, 0.717) is 0 Å². The van der Waals surface area contributed by atoms with E-state index in [1.54, 1.807) is 0 Å². The van der Waals surface area contributed by atoms with Gasteiger partial charge in [0, 0.05) is 0 Å². The maximum Gasteiger partial charge on any atom is -1.00 e. The van der Waals surface area contributed by atoms with Crippen molar-refractivity contribution in [1.29, 1.82) is 0 Å². The van der Waals surface area contributed by atoms with Crippen molar-refractivity contribution >= 4 is 0 Å². The van der Waals surface area contributed by atoms with Gasteiger partial charge in [-0.25, -0.2) is 0 Å². The molecule has 0 aromatic carbocycles. The fraction of sp³-hybridized carbons (Fsp3) is 0.333. The SMILES string of the molecule is CC1=[C]([Rh+2])CC=C1.[I-].[I-]. The van der Waals surface area contributed by atoms with E-state index in [2.05, 4.69) is 37.4 Å². The van der Waals surface area contributed by atoms with Gasteiger partial charge in [0.2, 0.25) is 0 Å². The third kappa shape index (κ3) is 4.09. The molecule has 0 nitrogen and oxygen atoms in total. The van der Waals surface area contributed by atoms with Gasteiger partial charge < -0.3 is 48.0 Å². The van der Waals surface area contributed by atoms with Crippen LogP contribution in [0.2, 0.25) is 0 Å². The van der Waals surface area contributed by atoms with Crippen LogP contribution in [-0.2, 0) is 18.3 Å². The Kier molecular flexibility index (Phi) is 9.20. The first kappa shape index (κ1) is 13.2. The summed E-state index contributed by atoms with van der Waals surface area (Å²) in [6.45, 7) is 2.12. The Morgan fingerprint density at radius 1 is 1.44 bits per heavy atom. The maximum atomic E-state index is 2.91. The van der Waals surface area contributed by atoms with E-state index in [1.165, 1.54) is 9.74 Å². The third-order valence-corrected chi connectivity index (χ3v) is 2.05. The second-order valence-corrected chi connectivity index (χ2v) is 2.66. The minimum Gasteiger partial charge on any atom is -1.00 e. The number of halogens is 2. The largest absolute Gasteiger partial charge is 1.00 e. The molecule has 0 N–H and O–H groups in total. The van der Waals surface area contributed by atoms with Crippen LogP contribution in [-0.4, -0.2) is 0 Å². The first-order chi connectivity index (χ1) is 3.30. The molecule has 1 aliphatic carbocycles. The van der Waals surface area contributed by atoms with Gasteiger partial charge in [-0.3, -0.25) is 0 Å². The van der Waals surface area contributed by atoms with Gasteiger partial charge >= 0.3 is 53.5 Å². The van der Waals surface area contributed by atoms with Crippen LogP contribution in [0.15, 0.2) is 21.9 Å². The summed E-state index contributed by atoms with van der Waals surface area (Å²) in [5, 5.41) is 0. The molecule has 1 aliphatic rings. The van der Waals surface area contributed by atoms with Gasteiger partial charge in [0.05, 0.1) is 0 Å². The number of allylic oxidation sites excluding steroid dienone is 4. The van der Waals surface area contributed by atoms with E-state index < -0.39 is 0 Å². The van der Waals surface area contributed by atoms with E-state index >= 15 is 0 Å². The van der Waals surface area contributed by atoms with Gasteiger partial charge in [-0.2, -0.15) is 0 Å². The number of hydrogen-bond donors (Lipinski definition) is 0. The first-order valence-corrected chi connectivity index (χ1v) is 3.12. The quantitative estimate of drug-likeness (QED) is 0.267. The molecule has 1 rings (SSSR count). The van der Waals surface area contributed by atoms with E-state index in [-0.39, 0.29) is 48.0 Å². The van der Waals surface area contributed by atoms with Crippen molar-refractivity contribution in [2.45, 2.75) is 13.3 Å². The summed E-state index contributed by atoms with van der Waals surface area (Å²) in [7, 11) is 0. The molecule has 0 saturated carbocycles. The molecular weight excluding hydrogens is 429 g/mol. The van der Waals surface area contributed by atoms with Crippen LogP contribution in [0.3, 0.4) is 0 Å². The second kappa shape index (κ2) is 6.28. The summed E-state index contributed by atoms with van der Waals surface area (Å²) >= 11 is 2.91. The summed E-state index contributed by atoms with van der Waals surface area (Å²) in [5.41, 5.74) is 1.40. The molecule has 0 aliphatic heterocycles. The van der Waals surface area contributed by atoms with Crippen molar-refractivity contribution in [2.75, 3.05) is 0 Å². The van der Waals surface area contributed by atoms with Gasteiger partial charge in [0.25, 0.3) is 0 Å². The molecule has 0 amide bonds. The molecule has 0 bridgehead atoms. The minimum absolute atomic E-state index is 0. The van der Waals surface area contributed by atoms with Crippen molar-refractivity contribution in [1.82, 2.24) is 0 Å². The zero-order valence-electron chi connectivity index (χ0n) is 4.95. The Morgan fingerprint density at radius 2 is 2.00 bits per heavy atom. The fourth-order valence-corrected chi connectivity index (χ4v) is 0.911. The molecule has 3 heteroatoms. The van der Waals surface area contributed by atoms with E-state index in [9.17, 15) is 0 Å². The van der Waals surface area contributed by atoms with Gasteiger partial charge in [0.1, 0.15) is 0 Å². The molecule has 0 fully saturated rings. The zero-order valence-corrected chi connectivity index (χ0v) is 10.9. The molecule has 54 valence electrons. The predicted octanol–water partition coefficient (Wildman–Crippen LogP) is -4.22. The van der Waals surface area contributed by atoms with Crippen molar-refractivity contribution in [3.05, 3.63) is 21.9 Å². The summed E-state index contributed by atoms with van der Waals surface area (Å²) < 4.78 is 1.40. The average molecular weight is 436 g/mol. The molecule has 0 aromatic heterocycles. The van der Waals surface area contributed by atoms with Gasteiger partial charge in [0.15, 0.2) is 0 Å². The zero-order chi connectivity index (χ0) is 5.28. The van der Waals surface area contributed by atoms with Gasteiger partial charge in [-0.05, 0) is 0 Å². The topological polar surface area (TPSA) is 0 Å². The molecule has 0 heterocycles. The summed E-state index contributed by atoms with van der Waals surface area (Å²) in [6, 6.07) is 0. The smallest absolute Gasteiger partial charge is 1.00 e. The maximum absolute atomic E-state index is 2.91. The Hall–Kier alpha value is 1.56. The normalized spacial score (nSPS) is 14.9. The van der Waals surface area contributed by atoms with E-state index in [1.807, 2.05) is 0 Å². The van der Waals surface area contributed by atoms with Crippen LogP contribution in [0.25, 0.3) is 0 Å². The van der Waals surface area contributed by atoms with Crippen molar-refractivity contribution in [3.8, 4) is 0 Å². The van der Waals surface area contributed by atoms with Crippen molar-refractivity contribution in [2.24, 2.45) is 0 Å². The Labute approximate surface area is 100 Å². The summed E-state index contributed by atoms with van der Waals surface area (Å²) in [5.74, 6) is 0. The molecule has 0 atom stereocenters.